The van der Waals surface area contributed by atoms with Crippen molar-refractivity contribution in [3.63, 3.8) is 0 Å². The van der Waals surface area contributed by atoms with E-state index in [9.17, 15) is 9.90 Å². The normalized spacial score (nSPS) is 12.5. The number of hydrogen-bond acceptors (Lipinski definition) is 5. The molecule has 0 aromatic carbocycles. The third-order valence-corrected chi connectivity index (χ3v) is 3.75. The molecule has 0 amide bonds. The predicted octanol–water partition coefficient (Wildman–Crippen LogP) is 1.49. The van der Waals surface area contributed by atoms with Gasteiger partial charge in [0.15, 0.2) is 0 Å². The summed E-state index contributed by atoms with van der Waals surface area (Å²) < 4.78 is 4.95. The Bertz CT molecular complexity index is 376. The molecule has 1 rings (SSSR count). The van der Waals surface area contributed by atoms with Crippen LogP contribution in [0.5, 0.6) is 0 Å². The van der Waals surface area contributed by atoms with Gasteiger partial charge >= 0.3 is 5.97 Å². The Balaban J connectivity index is 2.65. The van der Waals surface area contributed by atoms with E-state index in [-0.39, 0.29) is 12.5 Å². The standard InChI is InChI=1S/C12H19NO3S/c1-3-16-12(15)11-6-8(2)10(17-11)5-4-9(14)7-13/h6,9,14H,3-5,7,13H2,1-2H3/t9-/m1/s1. The predicted molar refractivity (Wildman–Crippen MR) is 68.4 cm³/mol. The molecule has 0 radical (unpaired) electrons. The van der Waals surface area contributed by atoms with Crippen molar-refractivity contribution in [1.82, 2.24) is 0 Å². The Morgan fingerprint density at radius 3 is 2.94 bits per heavy atom. The number of aliphatic hydroxyl groups is 1. The maximum Gasteiger partial charge on any atom is 0.348 e. The average molecular weight is 257 g/mol. The first-order chi connectivity index (χ1) is 8.08. The molecule has 17 heavy (non-hydrogen) atoms. The van der Waals surface area contributed by atoms with E-state index in [0.717, 1.165) is 16.9 Å². The van der Waals surface area contributed by atoms with Gasteiger partial charge in [-0.15, -0.1) is 11.3 Å². The molecule has 96 valence electrons. The fraction of sp³-hybridized carbons (Fsp3) is 0.583. The van der Waals surface area contributed by atoms with Crippen molar-refractivity contribution in [3.05, 3.63) is 21.4 Å². The summed E-state index contributed by atoms with van der Waals surface area (Å²) in [5, 5.41) is 9.40. The summed E-state index contributed by atoms with van der Waals surface area (Å²) in [7, 11) is 0. The molecule has 0 saturated carbocycles. The van der Waals surface area contributed by atoms with Crippen molar-refractivity contribution in [3.8, 4) is 0 Å². The van der Waals surface area contributed by atoms with Gasteiger partial charge in [0.1, 0.15) is 4.88 Å². The van der Waals surface area contributed by atoms with Crippen molar-refractivity contribution in [1.29, 1.82) is 0 Å². The Hall–Kier alpha value is -0.910. The van der Waals surface area contributed by atoms with Crippen LogP contribution in [0.4, 0.5) is 0 Å². The van der Waals surface area contributed by atoms with Crippen LogP contribution in [0.2, 0.25) is 0 Å². The van der Waals surface area contributed by atoms with E-state index in [0.29, 0.717) is 17.9 Å². The van der Waals surface area contributed by atoms with Crippen LogP contribution in [-0.2, 0) is 11.2 Å². The van der Waals surface area contributed by atoms with Crippen molar-refractivity contribution >= 4 is 17.3 Å². The molecule has 0 aliphatic heterocycles. The fourth-order valence-electron chi connectivity index (χ4n) is 1.49. The van der Waals surface area contributed by atoms with Gasteiger partial charge in [0.2, 0.25) is 0 Å². The molecule has 0 fully saturated rings. The highest BCUT2D eigenvalue weighted by atomic mass is 32.1. The smallest absolute Gasteiger partial charge is 0.348 e. The number of rotatable bonds is 6. The van der Waals surface area contributed by atoms with Crippen molar-refractivity contribution in [2.45, 2.75) is 32.8 Å². The molecule has 0 aliphatic carbocycles. The van der Waals surface area contributed by atoms with Crippen molar-refractivity contribution in [2.24, 2.45) is 5.73 Å². The van der Waals surface area contributed by atoms with Crippen LogP contribution in [0.25, 0.3) is 0 Å². The van der Waals surface area contributed by atoms with E-state index in [4.69, 9.17) is 10.5 Å². The summed E-state index contributed by atoms with van der Waals surface area (Å²) in [4.78, 5) is 13.3. The highest BCUT2D eigenvalue weighted by Crippen LogP contribution is 2.24. The van der Waals surface area contributed by atoms with Crippen LogP contribution < -0.4 is 5.73 Å². The Morgan fingerprint density at radius 1 is 1.65 bits per heavy atom. The van der Waals surface area contributed by atoms with Crippen LogP contribution in [0, 0.1) is 6.92 Å². The van der Waals surface area contributed by atoms with Crippen molar-refractivity contribution < 1.29 is 14.6 Å². The zero-order valence-electron chi connectivity index (χ0n) is 10.2. The lowest BCUT2D eigenvalue weighted by Gasteiger charge is -2.06. The molecule has 4 nitrogen and oxygen atoms in total. The van der Waals surface area contributed by atoms with E-state index in [1.807, 2.05) is 13.0 Å². The molecule has 0 saturated heterocycles. The second-order valence-electron chi connectivity index (χ2n) is 3.87. The highest BCUT2D eigenvalue weighted by molar-refractivity contribution is 7.14. The molecule has 0 bridgehead atoms. The summed E-state index contributed by atoms with van der Waals surface area (Å²) >= 11 is 1.43. The van der Waals surface area contributed by atoms with E-state index >= 15 is 0 Å². The van der Waals surface area contributed by atoms with Crippen molar-refractivity contribution in [2.75, 3.05) is 13.2 Å². The average Bonchev–Trinajstić information content (AvgIpc) is 2.68. The second-order valence-corrected chi connectivity index (χ2v) is 5.00. The maximum absolute atomic E-state index is 11.5. The molecule has 5 heteroatoms. The lowest BCUT2D eigenvalue weighted by molar-refractivity contribution is 0.0532. The van der Waals surface area contributed by atoms with Gasteiger partial charge in [-0.05, 0) is 38.3 Å². The second kappa shape index (κ2) is 6.74. The number of nitrogens with two attached hydrogens (primary N) is 1. The number of esters is 1. The van der Waals surface area contributed by atoms with Crippen LogP contribution in [-0.4, -0.2) is 30.3 Å². The molecule has 1 atom stereocenters. The molecule has 3 N–H and O–H groups in total. The van der Waals surface area contributed by atoms with E-state index in [1.165, 1.54) is 11.3 Å². The molecule has 1 aromatic rings. The molecule has 0 unspecified atom stereocenters. The lowest BCUT2D eigenvalue weighted by atomic mass is 10.1. The number of thiophene rings is 1. The zero-order chi connectivity index (χ0) is 12.8. The largest absolute Gasteiger partial charge is 0.462 e. The van der Waals surface area contributed by atoms with Gasteiger partial charge < -0.3 is 15.6 Å². The molecule has 0 spiro atoms. The van der Waals surface area contributed by atoms with Gasteiger partial charge in [-0.2, -0.15) is 0 Å². The highest BCUT2D eigenvalue weighted by Gasteiger charge is 2.13. The molecule has 1 aromatic heterocycles. The minimum atomic E-state index is -0.470. The quantitative estimate of drug-likeness (QED) is 0.757. The number of aryl methyl sites for hydroxylation is 2. The first-order valence-corrected chi connectivity index (χ1v) is 6.54. The Labute approximate surface area is 105 Å². The van der Waals surface area contributed by atoms with Gasteiger partial charge in [0.05, 0.1) is 12.7 Å². The summed E-state index contributed by atoms with van der Waals surface area (Å²) in [5.41, 5.74) is 6.42. The van der Waals surface area contributed by atoms with Crippen LogP contribution in [0.3, 0.4) is 0 Å². The van der Waals surface area contributed by atoms with E-state index < -0.39 is 6.10 Å². The monoisotopic (exact) mass is 257 g/mol. The topological polar surface area (TPSA) is 72.5 Å². The summed E-state index contributed by atoms with van der Waals surface area (Å²) in [6.07, 6.45) is 0.900. The fourth-order valence-corrected chi connectivity index (χ4v) is 2.57. The maximum atomic E-state index is 11.5. The zero-order valence-corrected chi connectivity index (χ0v) is 11.0. The summed E-state index contributed by atoms with van der Waals surface area (Å²) in [5.74, 6) is -0.272. The third kappa shape index (κ3) is 4.11. The number of carbonyl (C=O) groups is 1. The van der Waals surface area contributed by atoms with E-state index in [2.05, 4.69) is 0 Å². The lowest BCUT2D eigenvalue weighted by Crippen LogP contribution is -2.19. The summed E-state index contributed by atoms with van der Waals surface area (Å²) in [6.45, 7) is 4.41. The molecule has 0 aliphatic rings. The van der Waals surface area contributed by atoms with Gasteiger partial charge in [-0.1, -0.05) is 0 Å². The Kier molecular flexibility index (Phi) is 5.61. The molecular weight excluding hydrogens is 238 g/mol. The van der Waals surface area contributed by atoms with Crippen LogP contribution in [0.1, 0.15) is 33.5 Å². The number of carbonyl (C=O) groups excluding carboxylic acids is 1. The first kappa shape index (κ1) is 14.2. The van der Waals surface area contributed by atoms with Gasteiger partial charge in [-0.3, -0.25) is 0 Å². The van der Waals surface area contributed by atoms with Crippen LogP contribution in [0.15, 0.2) is 6.07 Å². The van der Waals surface area contributed by atoms with Gasteiger partial charge in [0, 0.05) is 11.4 Å². The minimum Gasteiger partial charge on any atom is -0.462 e. The molecular formula is C12H19NO3S. The minimum absolute atomic E-state index is 0.272. The number of hydrogen-bond donors (Lipinski definition) is 2. The molecule has 1 heterocycles. The van der Waals surface area contributed by atoms with Crippen LogP contribution >= 0.6 is 11.3 Å². The number of aliphatic hydroxyl groups excluding tert-OH is 1. The SMILES string of the molecule is CCOC(=O)c1cc(C)c(CC[C@@H](O)CN)s1. The first-order valence-electron chi connectivity index (χ1n) is 5.73. The van der Waals surface area contributed by atoms with Gasteiger partial charge in [0.25, 0.3) is 0 Å². The number of ether oxygens (including phenoxy) is 1. The van der Waals surface area contributed by atoms with Gasteiger partial charge in [-0.25, -0.2) is 4.79 Å². The Morgan fingerprint density at radius 2 is 2.35 bits per heavy atom. The van der Waals surface area contributed by atoms with E-state index in [1.54, 1.807) is 6.92 Å². The third-order valence-electron chi connectivity index (χ3n) is 2.47. The summed E-state index contributed by atoms with van der Waals surface area (Å²) in [6, 6.07) is 1.84.